The molecule has 18 heavy (non-hydrogen) atoms. The number of halogens is 4. The molecule has 2 N–H and O–H groups in total. The Hall–Kier alpha value is -0.910. The van der Waals surface area contributed by atoms with E-state index in [0.29, 0.717) is 0 Å². The highest BCUT2D eigenvalue weighted by molar-refractivity contribution is 6.30. The number of alkyl halides is 1. The molecular formula is C11H13Cl2F2NO2. The lowest BCUT2D eigenvalue weighted by atomic mass is 10.0. The number of benzene rings is 1. The zero-order valence-electron chi connectivity index (χ0n) is 9.53. The summed E-state index contributed by atoms with van der Waals surface area (Å²) < 4.78 is 31.6. The van der Waals surface area contributed by atoms with Crippen LogP contribution < -0.4 is 5.73 Å². The van der Waals surface area contributed by atoms with Gasteiger partial charge in [0.15, 0.2) is 0 Å². The van der Waals surface area contributed by atoms with Crippen LogP contribution >= 0.6 is 24.0 Å². The number of rotatable bonds is 4. The van der Waals surface area contributed by atoms with Gasteiger partial charge in [-0.05, 0) is 13.0 Å². The molecule has 0 saturated heterocycles. The lowest BCUT2D eigenvalue weighted by Crippen LogP contribution is -2.32. The second kappa shape index (κ2) is 7.51. The molecule has 0 aliphatic heterocycles. The van der Waals surface area contributed by atoms with Crippen molar-refractivity contribution in [3.63, 3.8) is 0 Å². The SMILES string of the molecule is CCOC(=O)C(F)[C@@H](N)c1cccc(Cl)c1F.Cl. The zero-order chi connectivity index (χ0) is 13.0. The van der Waals surface area contributed by atoms with Gasteiger partial charge in [0, 0.05) is 5.56 Å². The molecule has 7 heteroatoms. The number of nitrogens with two attached hydrogens (primary N) is 1. The van der Waals surface area contributed by atoms with Gasteiger partial charge in [0.1, 0.15) is 5.82 Å². The predicted molar refractivity (Wildman–Crippen MR) is 67.1 cm³/mol. The van der Waals surface area contributed by atoms with Crippen LogP contribution in [0.4, 0.5) is 8.78 Å². The van der Waals surface area contributed by atoms with Crippen LogP contribution in [0.2, 0.25) is 5.02 Å². The van der Waals surface area contributed by atoms with Gasteiger partial charge in [-0.15, -0.1) is 12.4 Å². The lowest BCUT2D eigenvalue weighted by molar-refractivity contribution is -0.149. The molecule has 0 aliphatic carbocycles. The third-order valence-electron chi connectivity index (χ3n) is 2.17. The Labute approximate surface area is 115 Å². The summed E-state index contributed by atoms with van der Waals surface area (Å²) in [5.41, 5.74) is 5.31. The molecule has 0 fully saturated rings. The highest BCUT2D eigenvalue weighted by Gasteiger charge is 2.30. The van der Waals surface area contributed by atoms with Crippen molar-refractivity contribution < 1.29 is 18.3 Å². The van der Waals surface area contributed by atoms with E-state index in [1.165, 1.54) is 25.1 Å². The summed E-state index contributed by atoms with van der Waals surface area (Å²) in [5.74, 6) is -1.94. The van der Waals surface area contributed by atoms with Crippen molar-refractivity contribution in [3.05, 3.63) is 34.6 Å². The van der Waals surface area contributed by atoms with E-state index in [1.807, 2.05) is 0 Å². The monoisotopic (exact) mass is 299 g/mol. The molecule has 0 bridgehead atoms. The van der Waals surface area contributed by atoms with Gasteiger partial charge >= 0.3 is 5.97 Å². The number of carbonyl (C=O) groups is 1. The molecule has 0 spiro atoms. The highest BCUT2D eigenvalue weighted by atomic mass is 35.5. The quantitative estimate of drug-likeness (QED) is 0.870. The fourth-order valence-corrected chi connectivity index (χ4v) is 1.49. The fourth-order valence-electron chi connectivity index (χ4n) is 1.30. The molecule has 1 unspecified atom stereocenters. The van der Waals surface area contributed by atoms with E-state index >= 15 is 0 Å². The van der Waals surface area contributed by atoms with Crippen molar-refractivity contribution >= 4 is 30.0 Å². The van der Waals surface area contributed by atoms with Crippen LogP contribution in [0.3, 0.4) is 0 Å². The summed E-state index contributed by atoms with van der Waals surface area (Å²) in [4.78, 5) is 11.1. The van der Waals surface area contributed by atoms with Gasteiger partial charge in [0.25, 0.3) is 0 Å². The van der Waals surface area contributed by atoms with Gasteiger partial charge in [-0.2, -0.15) is 0 Å². The van der Waals surface area contributed by atoms with Crippen LogP contribution in [0.5, 0.6) is 0 Å². The molecule has 2 atom stereocenters. The topological polar surface area (TPSA) is 52.3 Å². The fraction of sp³-hybridized carbons (Fsp3) is 0.364. The summed E-state index contributed by atoms with van der Waals surface area (Å²) in [6.07, 6.45) is -2.12. The largest absolute Gasteiger partial charge is 0.464 e. The van der Waals surface area contributed by atoms with Crippen molar-refractivity contribution in [1.82, 2.24) is 0 Å². The number of esters is 1. The van der Waals surface area contributed by atoms with Crippen LogP contribution in [-0.2, 0) is 9.53 Å². The lowest BCUT2D eigenvalue weighted by Gasteiger charge is -2.16. The summed E-state index contributed by atoms with van der Waals surface area (Å²) in [6, 6.07) is 2.58. The minimum atomic E-state index is -2.12. The second-order valence-electron chi connectivity index (χ2n) is 3.32. The predicted octanol–water partition coefficient (Wildman–Crippen LogP) is 2.80. The molecule has 1 aromatic carbocycles. The second-order valence-corrected chi connectivity index (χ2v) is 3.73. The Kier molecular flexibility index (Phi) is 7.13. The van der Waals surface area contributed by atoms with Crippen molar-refractivity contribution in [2.75, 3.05) is 6.61 Å². The van der Waals surface area contributed by atoms with Crippen LogP contribution in [0.25, 0.3) is 0 Å². The molecule has 0 radical (unpaired) electrons. The van der Waals surface area contributed by atoms with Gasteiger partial charge in [-0.25, -0.2) is 13.6 Å². The van der Waals surface area contributed by atoms with Crippen LogP contribution in [-0.4, -0.2) is 18.7 Å². The van der Waals surface area contributed by atoms with Crippen LogP contribution in [0.1, 0.15) is 18.5 Å². The first-order chi connectivity index (χ1) is 7.99. The summed E-state index contributed by atoms with van der Waals surface area (Å²) in [5, 5.41) is -0.172. The maximum absolute atomic E-state index is 13.6. The molecular weight excluding hydrogens is 287 g/mol. The third-order valence-corrected chi connectivity index (χ3v) is 2.46. The molecule has 0 aromatic heterocycles. The van der Waals surface area contributed by atoms with Crippen molar-refractivity contribution in [3.8, 4) is 0 Å². The molecule has 0 saturated carbocycles. The Bertz CT molecular complexity index is 418. The maximum Gasteiger partial charge on any atom is 0.342 e. The standard InChI is InChI=1S/C11H12ClF2NO2.ClH/c1-2-17-11(16)9(14)10(15)6-4-3-5-7(12)8(6)13;/h3-5,9-10H,2,15H2,1H3;1H/t9?,10-;/m0./s1. The van der Waals surface area contributed by atoms with Crippen molar-refractivity contribution in [1.29, 1.82) is 0 Å². The van der Waals surface area contributed by atoms with E-state index in [0.717, 1.165) is 0 Å². The molecule has 0 aliphatic rings. The maximum atomic E-state index is 13.6. The normalized spacial score (nSPS) is 13.4. The molecule has 102 valence electrons. The highest BCUT2D eigenvalue weighted by Crippen LogP contribution is 2.25. The van der Waals surface area contributed by atoms with E-state index in [4.69, 9.17) is 17.3 Å². The summed E-state index contributed by atoms with van der Waals surface area (Å²) in [6.45, 7) is 1.57. The Morgan fingerprint density at radius 3 is 2.72 bits per heavy atom. The molecule has 3 nitrogen and oxygen atoms in total. The van der Waals surface area contributed by atoms with Crippen LogP contribution in [0.15, 0.2) is 18.2 Å². The number of hydrogen-bond donors (Lipinski definition) is 1. The average molecular weight is 300 g/mol. The Morgan fingerprint density at radius 2 is 2.17 bits per heavy atom. The van der Waals surface area contributed by atoms with Crippen molar-refractivity contribution in [2.45, 2.75) is 19.1 Å². The third kappa shape index (κ3) is 3.80. The van der Waals surface area contributed by atoms with E-state index < -0.39 is 24.0 Å². The average Bonchev–Trinajstić information content (AvgIpc) is 2.31. The van der Waals surface area contributed by atoms with E-state index in [-0.39, 0.29) is 29.6 Å². The number of carbonyl (C=O) groups excluding carboxylic acids is 1. The number of hydrogen-bond acceptors (Lipinski definition) is 3. The Morgan fingerprint density at radius 1 is 1.56 bits per heavy atom. The zero-order valence-corrected chi connectivity index (χ0v) is 11.1. The first kappa shape index (κ1) is 17.1. The van der Waals surface area contributed by atoms with E-state index in [9.17, 15) is 13.6 Å². The molecule has 1 aromatic rings. The summed E-state index contributed by atoms with van der Waals surface area (Å²) >= 11 is 5.53. The van der Waals surface area contributed by atoms with Gasteiger partial charge in [0.05, 0.1) is 17.7 Å². The minimum absolute atomic E-state index is 0. The molecule has 0 amide bonds. The van der Waals surface area contributed by atoms with E-state index in [2.05, 4.69) is 4.74 Å². The first-order valence-electron chi connectivity index (χ1n) is 4.99. The number of ether oxygens (including phenoxy) is 1. The van der Waals surface area contributed by atoms with Gasteiger partial charge in [-0.3, -0.25) is 0 Å². The smallest absolute Gasteiger partial charge is 0.342 e. The Balaban J connectivity index is 0.00000289. The first-order valence-corrected chi connectivity index (χ1v) is 5.37. The molecule has 0 heterocycles. The minimum Gasteiger partial charge on any atom is -0.464 e. The van der Waals surface area contributed by atoms with Gasteiger partial charge < -0.3 is 10.5 Å². The van der Waals surface area contributed by atoms with Crippen LogP contribution in [0, 0.1) is 5.82 Å². The summed E-state index contributed by atoms with van der Waals surface area (Å²) in [7, 11) is 0. The van der Waals surface area contributed by atoms with E-state index in [1.54, 1.807) is 0 Å². The van der Waals surface area contributed by atoms with Crippen molar-refractivity contribution in [2.24, 2.45) is 5.73 Å². The van der Waals surface area contributed by atoms with Gasteiger partial charge in [0.2, 0.25) is 6.17 Å². The van der Waals surface area contributed by atoms with Gasteiger partial charge in [-0.1, -0.05) is 23.7 Å². The molecule has 1 rings (SSSR count).